The van der Waals surface area contributed by atoms with Crippen LogP contribution in [0.5, 0.6) is 0 Å². The van der Waals surface area contributed by atoms with Crippen molar-refractivity contribution in [1.82, 2.24) is 9.78 Å². The van der Waals surface area contributed by atoms with E-state index in [4.69, 9.17) is 5.73 Å². The molecule has 3 N–H and O–H groups in total. The quantitative estimate of drug-likeness (QED) is 0.844. The normalized spacial score (nSPS) is 17.4. The lowest BCUT2D eigenvalue weighted by Gasteiger charge is -2.18. The molecule has 1 amide bonds. The van der Waals surface area contributed by atoms with E-state index in [1.54, 1.807) is 20.9 Å². The number of carbonyl (C=O) groups excluding carboxylic acids is 1. The highest BCUT2D eigenvalue weighted by Gasteiger charge is 2.30. The zero-order valence-electron chi connectivity index (χ0n) is 14.7. The van der Waals surface area contributed by atoms with Gasteiger partial charge in [-0.3, -0.25) is 14.2 Å². The van der Waals surface area contributed by atoms with Crippen LogP contribution in [0.1, 0.15) is 45.5 Å². The molecule has 1 aliphatic carbocycles. The average Bonchev–Trinajstić information content (AvgIpc) is 2.94. The molecule has 2 heterocycles. The van der Waals surface area contributed by atoms with Gasteiger partial charge in [-0.25, -0.2) is 8.42 Å². The van der Waals surface area contributed by atoms with Crippen LogP contribution in [0, 0.1) is 19.8 Å². The Kier molecular flexibility index (Phi) is 4.40. The van der Waals surface area contributed by atoms with E-state index in [0.29, 0.717) is 27.9 Å². The summed E-state index contributed by atoms with van der Waals surface area (Å²) in [7, 11) is -2.16. The van der Waals surface area contributed by atoms with Gasteiger partial charge in [-0.2, -0.15) is 5.10 Å². The van der Waals surface area contributed by atoms with Crippen LogP contribution in [0.2, 0.25) is 0 Å². The number of nitrogens with one attached hydrogen (secondary N) is 1. The summed E-state index contributed by atoms with van der Waals surface area (Å²) in [6, 6.07) is 0. The highest BCUT2D eigenvalue weighted by molar-refractivity contribution is 7.93. The second kappa shape index (κ2) is 6.14. The number of hydrogen-bond donors (Lipinski definition) is 2. The zero-order valence-corrected chi connectivity index (χ0v) is 16.3. The van der Waals surface area contributed by atoms with Crippen LogP contribution in [-0.4, -0.2) is 24.1 Å². The summed E-state index contributed by atoms with van der Waals surface area (Å²) in [6.07, 6.45) is 2.56. The van der Waals surface area contributed by atoms with Crippen LogP contribution in [0.15, 0.2) is 4.90 Å². The summed E-state index contributed by atoms with van der Waals surface area (Å²) in [4.78, 5) is 13.2. The molecule has 0 aromatic carbocycles. The van der Waals surface area contributed by atoms with Crippen molar-refractivity contribution in [1.29, 1.82) is 0 Å². The molecule has 3 rings (SSSR count). The number of nitrogens with two attached hydrogens (primary N) is 1. The van der Waals surface area contributed by atoms with Gasteiger partial charge in [0.1, 0.15) is 9.90 Å². The van der Waals surface area contributed by atoms with Gasteiger partial charge in [0.05, 0.1) is 17.0 Å². The fraction of sp³-hybridized carbons (Fsp3) is 0.500. The number of carbonyl (C=O) groups is 1. The van der Waals surface area contributed by atoms with Crippen molar-refractivity contribution in [3.05, 3.63) is 27.4 Å². The largest absolute Gasteiger partial charge is 0.365 e. The molecule has 0 fully saturated rings. The molecule has 0 saturated heterocycles. The van der Waals surface area contributed by atoms with Crippen molar-refractivity contribution in [2.45, 2.75) is 44.9 Å². The van der Waals surface area contributed by atoms with E-state index in [2.05, 4.69) is 16.7 Å². The van der Waals surface area contributed by atoms with Gasteiger partial charge in [-0.15, -0.1) is 11.3 Å². The van der Waals surface area contributed by atoms with E-state index >= 15 is 0 Å². The smallest absolute Gasteiger partial charge is 0.266 e. The Bertz CT molecular complexity index is 957. The topological polar surface area (TPSA) is 107 Å². The van der Waals surface area contributed by atoms with E-state index in [1.165, 1.54) is 16.0 Å². The molecule has 136 valence electrons. The van der Waals surface area contributed by atoms with Gasteiger partial charge in [-0.1, -0.05) is 6.92 Å². The predicted octanol–water partition coefficient (Wildman–Crippen LogP) is 2.12. The number of aromatic nitrogens is 2. The highest BCUT2D eigenvalue weighted by Crippen LogP contribution is 2.40. The van der Waals surface area contributed by atoms with E-state index in [1.807, 2.05) is 0 Å². The van der Waals surface area contributed by atoms with Gasteiger partial charge < -0.3 is 5.73 Å². The van der Waals surface area contributed by atoms with Gasteiger partial charge in [0.2, 0.25) is 0 Å². The second-order valence-corrected chi connectivity index (χ2v) is 9.37. The summed E-state index contributed by atoms with van der Waals surface area (Å²) in [5, 5.41) is 4.47. The SMILES string of the molecule is Cc1nn(C)c(C)c1S(=O)(=O)Nc1sc2c(c1C(N)=O)CC[C@H](C)C2. The molecule has 0 bridgehead atoms. The first-order valence-corrected chi connectivity index (χ1v) is 10.4. The predicted molar refractivity (Wildman–Crippen MR) is 97.5 cm³/mol. The number of anilines is 1. The van der Waals surface area contributed by atoms with Gasteiger partial charge in [0, 0.05) is 11.9 Å². The number of aryl methyl sites for hydroxylation is 2. The fourth-order valence-corrected chi connectivity index (χ4v) is 6.56. The van der Waals surface area contributed by atoms with Gasteiger partial charge >= 0.3 is 0 Å². The van der Waals surface area contributed by atoms with Crippen molar-refractivity contribution in [3.8, 4) is 0 Å². The first-order valence-electron chi connectivity index (χ1n) is 8.09. The van der Waals surface area contributed by atoms with E-state index < -0.39 is 15.9 Å². The third kappa shape index (κ3) is 3.06. The lowest BCUT2D eigenvalue weighted by molar-refractivity contribution is 0.100. The first kappa shape index (κ1) is 17.9. The summed E-state index contributed by atoms with van der Waals surface area (Å²) in [6.45, 7) is 5.50. The number of nitrogens with zero attached hydrogens (tertiary/aromatic N) is 2. The molecule has 0 unspecified atom stereocenters. The van der Waals surface area contributed by atoms with Crippen LogP contribution in [0.25, 0.3) is 0 Å². The van der Waals surface area contributed by atoms with Crippen LogP contribution in [-0.2, 0) is 29.9 Å². The first-order chi connectivity index (χ1) is 11.6. The molecule has 2 aromatic rings. The van der Waals surface area contributed by atoms with Crippen molar-refractivity contribution in [3.63, 3.8) is 0 Å². The number of rotatable bonds is 4. The van der Waals surface area contributed by atoms with E-state index in [0.717, 1.165) is 29.7 Å². The molecule has 1 atom stereocenters. The summed E-state index contributed by atoms with van der Waals surface area (Å²) < 4.78 is 29.9. The molecule has 7 nitrogen and oxygen atoms in total. The summed E-state index contributed by atoms with van der Waals surface area (Å²) in [5.74, 6) is -0.0801. The standard InChI is InChI=1S/C16H22N4O3S2/c1-8-5-6-11-12(7-8)24-16(13(11)15(17)21)19-25(22,23)14-9(2)18-20(4)10(14)3/h8,19H,5-7H2,1-4H3,(H2,17,21)/t8-/m0/s1. The summed E-state index contributed by atoms with van der Waals surface area (Å²) >= 11 is 1.32. The molecular weight excluding hydrogens is 360 g/mol. The third-order valence-electron chi connectivity index (χ3n) is 4.70. The van der Waals surface area contributed by atoms with Crippen molar-refractivity contribution in [2.24, 2.45) is 18.7 Å². The monoisotopic (exact) mass is 382 g/mol. The maximum atomic E-state index is 12.9. The maximum Gasteiger partial charge on any atom is 0.266 e. The molecule has 0 radical (unpaired) electrons. The van der Waals surface area contributed by atoms with Crippen molar-refractivity contribution < 1.29 is 13.2 Å². The van der Waals surface area contributed by atoms with Crippen LogP contribution in [0.3, 0.4) is 0 Å². The zero-order chi connectivity index (χ0) is 18.5. The highest BCUT2D eigenvalue weighted by atomic mass is 32.2. The summed E-state index contributed by atoms with van der Waals surface area (Å²) in [5.41, 5.74) is 7.73. The second-order valence-electron chi connectivity index (χ2n) is 6.65. The number of primary amides is 1. The number of sulfonamides is 1. The minimum absolute atomic E-state index is 0.144. The van der Waals surface area contributed by atoms with Gasteiger partial charge in [-0.05, 0) is 44.6 Å². The van der Waals surface area contributed by atoms with Crippen molar-refractivity contribution >= 4 is 32.3 Å². The number of thiophene rings is 1. The molecule has 0 aliphatic heterocycles. The Morgan fingerprint density at radius 3 is 2.64 bits per heavy atom. The Balaban J connectivity index is 2.07. The Hall–Kier alpha value is -1.87. The fourth-order valence-electron chi connectivity index (χ4n) is 3.40. The molecule has 25 heavy (non-hydrogen) atoms. The lowest BCUT2D eigenvalue weighted by atomic mass is 9.88. The molecule has 2 aromatic heterocycles. The Labute approximate surface area is 151 Å². The lowest BCUT2D eigenvalue weighted by Crippen LogP contribution is -2.20. The number of fused-ring (bicyclic) bond motifs is 1. The van der Waals surface area contributed by atoms with E-state index in [-0.39, 0.29) is 4.90 Å². The van der Waals surface area contributed by atoms with Gasteiger partial charge in [0.25, 0.3) is 15.9 Å². The Morgan fingerprint density at radius 2 is 2.08 bits per heavy atom. The van der Waals surface area contributed by atoms with Crippen LogP contribution in [0.4, 0.5) is 5.00 Å². The number of hydrogen-bond acceptors (Lipinski definition) is 5. The average molecular weight is 383 g/mol. The van der Waals surface area contributed by atoms with E-state index in [9.17, 15) is 13.2 Å². The molecular formula is C16H22N4O3S2. The van der Waals surface area contributed by atoms with Crippen LogP contribution < -0.4 is 10.5 Å². The minimum atomic E-state index is -3.85. The molecule has 0 saturated carbocycles. The maximum absolute atomic E-state index is 12.9. The Morgan fingerprint density at radius 1 is 1.40 bits per heavy atom. The number of amides is 1. The molecule has 9 heteroatoms. The third-order valence-corrected chi connectivity index (χ3v) is 7.60. The minimum Gasteiger partial charge on any atom is -0.365 e. The van der Waals surface area contributed by atoms with Crippen molar-refractivity contribution in [2.75, 3.05) is 4.72 Å². The molecule has 0 spiro atoms. The van der Waals surface area contributed by atoms with Gasteiger partial charge in [0.15, 0.2) is 0 Å². The van der Waals surface area contributed by atoms with Crippen LogP contribution >= 0.6 is 11.3 Å². The molecule has 1 aliphatic rings.